The number of rotatable bonds is 17. The number of carbonyl (C=O) groups excluding carboxylic acids is 2. The van der Waals surface area contributed by atoms with Crippen molar-refractivity contribution in [2.75, 3.05) is 37.0 Å². The zero-order chi connectivity index (χ0) is 50.1. The molecule has 0 saturated carbocycles. The van der Waals surface area contributed by atoms with Gasteiger partial charge in [0.1, 0.15) is 17.3 Å². The summed E-state index contributed by atoms with van der Waals surface area (Å²) in [5.41, 5.74) is 7.24. The third-order valence-corrected chi connectivity index (χ3v) is 27.7. The molecular formula is C54H85ClN10O2Sn. The van der Waals surface area contributed by atoms with Gasteiger partial charge in [0.05, 0.1) is 18.8 Å². The van der Waals surface area contributed by atoms with Crippen LogP contribution in [0.2, 0.25) is 18.6 Å². The number of aromatic nitrogens is 6. The Bertz CT molecular complexity index is 2220. The van der Waals surface area contributed by atoms with Gasteiger partial charge in [-0.1, -0.05) is 0 Å². The molecule has 2 amide bonds. The Balaban J connectivity index is 0.000000226. The maximum Gasteiger partial charge on any atom is 0.239 e. The molecule has 2 aliphatic rings. The number of carbonyl (C=O) groups is 2. The molecule has 0 unspecified atom stereocenters. The maximum absolute atomic E-state index is 12.4. The number of nitrogens with zero attached hydrogens (tertiary/aromatic N) is 8. The van der Waals surface area contributed by atoms with Gasteiger partial charge in [-0.3, -0.25) is 14.6 Å². The van der Waals surface area contributed by atoms with E-state index in [-0.39, 0.29) is 41.3 Å². The van der Waals surface area contributed by atoms with E-state index in [4.69, 9.17) is 26.6 Å². The van der Waals surface area contributed by atoms with Crippen molar-refractivity contribution in [1.29, 1.82) is 0 Å². The number of nitrogens with one attached hydrogen (secondary N) is 2. The largest absolute Gasteiger partial charge is 0.350 e. The van der Waals surface area contributed by atoms with E-state index in [2.05, 4.69) is 71.6 Å². The number of anilines is 2. The number of hydrogen-bond acceptors (Lipinski definition) is 10. The first-order chi connectivity index (χ1) is 32.2. The molecule has 0 saturated heterocycles. The number of aryl methyl sites for hydroxylation is 4. The van der Waals surface area contributed by atoms with Crippen LogP contribution in [0.3, 0.4) is 0 Å². The van der Waals surface area contributed by atoms with Gasteiger partial charge in [-0.05, 0) is 129 Å². The molecule has 374 valence electrons. The fraction of sp³-hybridized carbons (Fsp3) is 0.630. The van der Waals surface area contributed by atoms with Crippen molar-refractivity contribution in [3.05, 3.63) is 75.6 Å². The molecule has 68 heavy (non-hydrogen) atoms. The van der Waals surface area contributed by atoms with E-state index in [1.54, 1.807) is 9.91 Å². The van der Waals surface area contributed by atoms with Gasteiger partial charge < -0.3 is 20.4 Å². The van der Waals surface area contributed by atoms with Crippen LogP contribution in [0.4, 0.5) is 11.6 Å². The molecule has 0 aliphatic heterocycles. The zero-order valence-corrected chi connectivity index (χ0v) is 47.8. The van der Waals surface area contributed by atoms with Crippen molar-refractivity contribution in [2.24, 2.45) is 0 Å². The second kappa shape index (κ2) is 26.9. The Morgan fingerprint density at radius 1 is 0.632 bits per heavy atom. The van der Waals surface area contributed by atoms with Gasteiger partial charge in [-0.2, -0.15) is 0 Å². The van der Waals surface area contributed by atoms with Gasteiger partial charge in [-0.25, -0.2) is 19.9 Å². The van der Waals surface area contributed by atoms with Crippen LogP contribution in [-0.2, 0) is 35.3 Å². The predicted molar refractivity (Wildman–Crippen MR) is 286 cm³/mol. The SMILES string of the molecule is CCC[CH2][Sn]([CH2]CCC)([CH2]CCC)[c]1cc(C)ccn1.CN(CC(=O)NC(C)(C)C)c1nc(Cl)nc2c1CCCC2.Cc1ccnc(-c2nc3c(c(N(C)CC(=O)NC(C)(C)C)n2)CCCC3)c1. The molecule has 4 aromatic rings. The fourth-order valence-electron chi connectivity index (χ4n) is 9.15. The van der Waals surface area contributed by atoms with Gasteiger partial charge in [0.2, 0.25) is 17.1 Å². The second-order valence-corrected chi connectivity index (χ2v) is 34.7. The van der Waals surface area contributed by atoms with E-state index in [1.165, 1.54) is 63.0 Å². The number of unbranched alkanes of at least 4 members (excludes halogenated alkanes) is 3. The number of amides is 2. The fourth-order valence-corrected chi connectivity index (χ4v) is 25.0. The van der Waals surface area contributed by atoms with E-state index >= 15 is 0 Å². The molecule has 0 bridgehead atoms. The molecule has 2 N–H and O–H groups in total. The molecule has 4 aromatic heterocycles. The van der Waals surface area contributed by atoms with E-state index in [0.29, 0.717) is 5.82 Å². The smallest absolute Gasteiger partial charge is 0.239 e. The number of halogens is 1. The Morgan fingerprint density at radius 3 is 1.53 bits per heavy atom. The molecule has 14 heteroatoms. The van der Waals surface area contributed by atoms with Crippen LogP contribution in [-0.4, -0.2) is 98.4 Å². The van der Waals surface area contributed by atoms with E-state index in [9.17, 15) is 9.59 Å². The molecule has 2 aliphatic carbocycles. The Morgan fingerprint density at radius 2 is 1.07 bits per heavy atom. The normalized spacial score (nSPS) is 13.4. The Labute approximate surface area is 419 Å². The third-order valence-electron chi connectivity index (χ3n) is 12.4. The average molecular weight is 1060 g/mol. The first-order valence-corrected chi connectivity index (χ1v) is 33.4. The zero-order valence-electron chi connectivity index (χ0n) is 44.2. The third kappa shape index (κ3) is 18.1. The van der Waals surface area contributed by atoms with Crippen molar-refractivity contribution < 1.29 is 9.59 Å². The predicted octanol–water partition coefficient (Wildman–Crippen LogP) is 10.9. The van der Waals surface area contributed by atoms with Gasteiger partial charge in [-0.15, -0.1) is 0 Å². The summed E-state index contributed by atoms with van der Waals surface area (Å²) in [5, 5.41) is 6.23. The van der Waals surface area contributed by atoms with Gasteiger partial charge in [0, 0.05) is 48.2 Å². The monoisotopic (exact) mass is 1060 g/mol. The van der Waals surface area contributed by atoms with Crippen LogP contribution >= 0.6 is 11.6 Å². The first kappa shape index (κ1) is 56.7. The second-order valence-electron chi connectivity index (χ2n) is 21.3. The first-order valence-electron chi connectivity index (χ1n) is 25.5. The van der Waals surface area contributed by atoms with Gasteiger partial charge >= 0.3 is 130 Å². The minimum absolute atomic E-state index is 0.0107. The van der Waals surface area contributed by atoms with Crippen molar-refractivity contribution in [3.63, 3.8) is 0 Å². The summed E-state index contributed by atoms with van der Waals surface area (Å²) in [6.45, 7) is 23.6. The summed E-state index contributed by atoms with van der Waals surface area (Å²) in [6, 6.07) is 8.54. The van der Waals surface area contributed by atoms with Crippen LogP contribution < -0.4 is 24.1 Å². The Kier molecular flexibility index (Phi) is 22.4. The number of hydrogen-bond donors (Lipinski definition) is 2. The maximum atomic E-state index is 12.4. The van der Waals surface area contributed by atoms with Crippen LogP contribution in [0.5, 0.6) is 0 Å². The summed E-state index contributed by atoms with van der Waals surface area (Å²) in [4.78, 5) is 55.9. The van der Waals surface area contributed by atoms with Crippen LogP contribution in [0.15, 0.2) is 36.7 Å². The molecule has 0 atom stereocenters. The molecular weight excluding hydrogens is 975 g/mol. The van der Waals surface area contributed by atoms with Crippen molar-refractivity contribution in [3.8, 4) is 11.5 Å². The number of likely N-dealkylation sites (N-methyl/N-ethyl adjacent to an activating group) is 2. The molecule has 4 heterocycles. The minimum Gasteiger partial charge on any atom is -0.350 e. The standard InChI is InChI=1S/C21H29N5O.C15H23ClN4O.C6H6N.3C4H9.Sn/c1-14-10-11-22-17(12-14)19-23-16-9-7-6-8-15(16)20(24-19)26(5)13-18(27)25-21(2,3)4;1-15(2,3)19-12(21)9-20(4)13-10-7-5-6-8-11(10)17-14(16)18-13;1-6-2-4-7-5-3-6;3*1-3-4-2;/h10-12H,6-9,13H2,1-5H3,(H,25,27);5-9H2,1-4H3,(H,19,21);2-4H,1H3;3*1,3-4H2,2H3;. The van der Waals surface area contributed by atoms with Gasteiger partial charge in [0.15, 0.2) is 5.82 Å². The van der Waals surface area contributed by atoms with Gasteiger partial charge in [0.25, 0.3) is 0 Å². The number of fused-ring (bicyclic) bond motifs is 2. The molecule has 6 rings (SSSR count). The molecule has 0 fully saturated rings. The van der Waals surface area contributed by atoms with Crippen LogP contribution in [0.1, 0.15) is 160 Å². The van der Waals surface area contributed by atoms with Crippen LogP contribution in [0.25, 0.3) is 11.5 Å². The summed E-state index contributed by atoms with van der Waals surface area (Å²) in [7, 11) is 3.79. The van der Waals surface area contributed by atoms with Crippen molar-refractivity contribution in [1.82, 2.24) is 40.5 Å². The summed E-state index contributed by atoms with van der Waals surface area (Å²) in [5.74, 6) is 2.24. The van der Waals surface area contributed by atoms with E-state index < -0.39 is 18.4 Å². The molecule has 0 radical (unpaired) electrons. The quantitative estimate of drug-likeness (QED) is 0.0775. The molecule has 12 nitrogen and oxygen atoms in total. The minimum atomic E-state index is -2.25. The van der Waals surface area contributed by atoms with E-state index in [1.807, 2.05) is 84.5 Å². The van der Waals surface area contributed by atoms with Crippen molar-refractivity contribution >= 4 is 57.1 Å². The number of pyridine rings is 2. The topological polar surface area (TPSA) is 142 Å². The van der Waals surface area contributed by atoms with Crippen molar-refractivity contribution in [2.45, 2.75) is 190 Å². The molecule has 0 spiro atoms. The average Bonchev–Trinajstić information content (AvgIpc) is 3.27. The summed E-state index contributed by atoms with van der Waals surface area (Å²) >= 11 is 3.77. The Hall–Kier alpha value is -3.91. The van der Waals surface area contributed by atoms with E-state index in [0.717, 1.165) is 91.2 Å². The summed E-state index contributed by atoms with van der Waals surface area (Å²) in [6.07, 6.45) is 20.4. The molecule has 0 aromatic carbocycles. The summed E-state index contributed by atoms with van der Waals surface area (Å²) < 4.78 is 6.11. The van der Waals surface area contributed by atoms with Crippen LogP contribution in [0, 0.1) is 13.8 Å².